The van der Waals surface area contributed by atoms with Crippen molar-refractivity contribution in [1.29, 1.82) is 0 Å². The number of amides is 1. The largest absolute Gasteiger partial charge is 0.486 e. The highest BCUT2D eigenvalue weighted by molar-refractivity contribution is 7.91. The number of para-hydroxylation sites is 1. The third-order valence-corrected chi connectivity index (χ3v) is 6.45. The summed E-state index contributed by atoms with van der Waals surface area (Å²) in [5.74, 6) is 0.373. The van der Waals surface area contributed by atoms with Gasteiger partial charge in [0.25, 0.3) is 0 Å². The molecule has 1 aliphatic rings. The fourth-order valence-electron chi connectivity index (χ4n) is 3.17. The van der Waals surface area contributed by atoms with E-state index in [9.17, 15) is 13.2 Å². The number of benzene rings is 2. The van der Waals surface area contributed by atoms with E-state index in [1.807, 2.05) is 32.0 Å². The van der Waals surface area contributed by atoms with Gasteiger partial charge in [0.2, 0.25) is 5.91 Å². The van der Waals surface area contributed by atoms with Gasteiger partial charge in [-0.1, -0.05) is 32.0 Å². The molecule has 0 saturated heterocycles. The highest BCUT2D eigenvalue weighted by atomic mass is 32.2. The molecule has 0 spiro atoms. The summed E-state index contributed by atoms with van der Waals surface area (Å²) in [5.41, 5.74) is 2.89. The molecular formula is C21H25NO5S. The summed E-state index contributed by atoms with van der Waals surface area (Å²) in [6.45, 7) is 4.88. The Labute approximate surface area is 165 Å². The van der Waals surface area contributed by atoms with Crippen LogP contribution in [0.3, 0.4) is 0 Å². The van der Waals surface area contributed by atoms with Crippen LogP contribution in [-0.4, -0.2) is 33.3 Å². The Hall–Kier alpha value is -2.54. The smallest absolute Gasteiger partial charge is 0.225 e. The fourth-order valence-corrected chi connectivity index (χ4v) is 4.42. The Morgan fingerprint density at radius 3 is 2.29 bits per heavy atom. The number of carbonyl (C=O) groups is 1. The number of aryl methyl sites for hydroxylation is 2. The van der Waals surface area contributed by atoms with Crippen molar-refractivity contribution in [2.75, 3.05) is 24.3 Å². The van der Waals surface area contributed by atoms with E-state index >= 15 is 0 Å². The molecule has 0 aliphatic carbocycles. The van der Waals surface area contributed by atoms with E-state index in [0.717, 1.165) is 29.7 Å². The SMILES string of the molecule is CCc1cccc(CC)c1NC(=O)CCS(=O)(=O)c1ccc2c(c1)OCCO2. The molecule has 0 aromatic heterocycles. The maximum atomic E-state index is 12.6. The molecule has 1 aliphatic heterocycles. The number of hydrogen-bond acceptors (Lipinski definition) is 5. The van der Waals surface area contributed by atoms with Crippen LogP contribution in [0, 0.1) is 0 Å². The van der Waals surface area contributed by atoms with Crippen molar-refractivity contribution in [3.05, 3.63) is 47.5 Å². The van der Waals surface area contributed by atoms with Gasteiger partial charge in [0.1, 0.15) is 13.2 Å². The van der Waals surface area contributed by atoms with Crippen LogP contribution < -0.4 is 14.8 Å². The average molecular weight is 404 g/mol. The second kappa shape index (κ2) is 8.65. The minimum Gasteiger partial charge on any atom is -0.486 e. The lowest BCUT2D eigenvalue weighted by Gasteiger charge is -2.19. The van der Waals surface area contributed by atoms with Crippen molar-refractivity contribution >= 4 is 21.4 Å². The molecule has 2 aromatic rings. The third-order valence-electron chi connectivity index (χ3n) is 4.73. The minimum absolute atomic E-state index is 0.113. The number of ether oxygens (including phenoxy) is 2. The molecule has 1 N–H and O–H groups in total. The van der Waals surface area contributed by atoms with Crippen LogP contribution in [0.25, 0.3) is 0 Å². The first kappa shape index (κ1) is 20.2. The Morgan fingerprint density at radius 1 is 1.00 bits per heavy atom. The molecule has 2 aromatic carbocycles. The Morgan fingerprint density at radius 2 is 1.64 bits per heavy atom. The van der Waals surface area contributed by atoms with Gasteiger partial charge in [-0.2, -0.15) is 0 Å². The number of hydrogen-bond donors (Lipinski definition) is 1. The number of sulfone groups is 1. The van der Waals surface area contributed by atoms with Gasteiger partial charge in [-0.05, 0) is 36.1 Å². The molecule has 7 heteroatoms. The van der Waals surface area contributed by atoms with Crippen molar-refractivity contribution in [1.82, 2.24) is 0 Å². The monoisotopic (exact) mass is 403 g/mol. The molecule has 150 valence electrons. The van der Waals surface area contributed by atoms with Crippen molar-refractivity contribution in [3.8, 4) is 11.5 Å². The van der Waals surface area contributed by atoms with Crippen LogP contribution in [-0.2, 0) is 27.5 Å². The van der Waals surface area contributed by atoms with E-state index in [-0.39, 0.29) is 23.0 Å². The first-order valence-corrected chi connectivity index (χ1v) is 11.1. The van der Waals surface area contributed by atoms with Gasteiger partial charge in [-0.3, -0.25) is 4.79 Å². The highest BCUT2D eigenvalue weighted by Crippen LogP contribution is 2.32. The van der Waals surface area contributed by atoms with E-state index in [4.69, 9.17) is 9.47 Å². The topological polar surface area (TPSA) is 81.7 Å². The van der Waals surface area contributed by atoms with Gasteiger partial charge in [-0.25, -0.2) is 8.42 Å². The summed E-state index contributed by atoms with van der Waals surface area (Å²) in [6.07, 6.45) is 1.47. The first-order valence-electron chi connectivity index (χ1n) is 9.47. The maximum absolute atomic E-state index is 12.6. The lowest BCUT2D eigenvalue weighted by atomic mass is 10.0. The van der Waals surface area contributed by atoms with Gasteiger partial charge in [0, 0.05) is 18.2 Å². The first-order chi connectivity index (χ1) is 13.4. The van der Waals surface area contributed by atoms with Crippen LogP contribution >= 0.6 is 0 Å². The average Bonchev–Trinajstić information content (AvgIpc) is 2.72. The second-order valence-corrected chi connectivity index (χ2v) is 8.69. The third kappa shape index (κ3) is 4.47. The number of carbonyl (C=O) groups excluding carboxylic acids is 1. The predicted molar refractivity (Wildman–Crippen MR) is 108 cm³/mol. The molecule has 0 radical (unpaired) electrons. The normalized spacial score (nSPS) is 13.2. The standard InChI is InChI=1S/C21H25NO5S/c1-3-15-6-5-7-16(4-2)21(15)22-20(23)10-13-28(24,25)17-8-9-18-19(14-17)27-12-11-26-18/h5-9,14H,3-4,10-13H2,1-2H3,(H,22,23). The van der Waals surface area contributed by atoms with Gasteiger partial charge in [-0.15, -0.1) is 0 Å². The van der Waals surface area contributed by atoms with Gasteiger partial charge in [0.15, 0.2) is 21.3 Å². The zero-order valence-electron chi connectivity index (χ0n) is 16.2. The van der Waals surface area contributed by atoms with E-state index < -0.39 is 9.84 Å². The maximum Gasteiger partial charge on any atom is 0.225 e. The summed E-state index contributed by atoms with van der Waals surface area (Å²) in [5, 5.41) is 2.91. The number of nitrogens with one attached hydrogen (secondary N) is 1. The van der Waals surface area contributed by atoms with E-state index in [1.54, 1.807) is 6.07 Å². The Kier molecular flexibility index (Phi) is 6.24. The van der Waals surface area contributed by atoms with Gasteiger partial charge >= 0.3 is 0 Å². The molecule has 0 bridgehead atoms. The lowest BCUT2D eigenvalue weighted by Crippen LogP contribution is -2.19. The van der Waals surface area contributed by atoms with Crippen LogP contribution in [0.5, 0.6) is 11.5 Å². The van der Waals surface area contributed by atoms with Crippen molar-refractivity contribution in [3.63, 3.8) is 0 Å². The second-order valence-electron chi connectivity index (χ2n) is 6.58. The molecule has 3 rings (SSSR count). The summed E-state index contributed by atoms with van der Waals surface area (Å²) in [4.78, 5) is 12.6. The fraction of sp³-hybridized carbons (Fsp3) is 0.381. The number of fused-ring (bicyclic) bond motifs is 1. The molecule has 28 heavy (non-hydrogen) atoms. The van der Waals surface area contributed by atoms with Gasteiger partial charge < -0.3 is 14.8 Å². The van der Waals surface area contributed by atoms with E-state index in [2.05, 4.69) is 5.32 Å². The van der Waals surface area contributed by atoms with Crippen LogP contribution in [0.4, 0.5) is 5.69 Å². The van der Waals surface area contributed by atoms with E-state index in [1.165, 1.54) is 12.1 Å². The van der Waals surface area contributed by atoms with Gasteiger partial charge in [0.05, 0.1) is 10.6 Å². The van der Waals surface area contributed by atoms with Crippen molar-refractivity contribution < 1.29 is 22.7 Å². The zero-order chi connectivity index (χ0) is 20.1. The molecule has 0 unspecified atom stereocenters. The summed E-state index contributed by atoms with van der Waals surface area (Å²) >= 11 is 0. The summed E-state index contributed by atoms with van der Waals surface area (Å²) in [7, 11) is -3.61. The van der Waals surface area contributed by atoms with Crippen LogP contribution in [0.1, 0.15) is 31.4 Å². The minimum atomic E-state index is -3.61. The Balaban J connectivity index is 1.69. The summed E-state index contributed by atoms with van der Waals surface area (Å²) in [6, 6.07) is 10.5. The zero-order valence-corrected chi connectivity index (χ0v) is 17.0. The molecule has 1 amide bonds. The molecule has 0 atom stereocenters. The predicted octanol–water partition coefficient (Wildman–Crippen LogP) is 3.39. The molecule has 6 nitrogen and oxygen atoms in total. The number of anilines is 1. The highest BCUT2D eigenvalue weighted by Gasteiger charge is 2.21. The van der Waals surface area contributed by atoms with Crippen LogP contribution in [0.15, 0.2) is 41.3 Å². The van der Waals surface area contributed by atoms with Crippen LogP contribution in [0.2, 0.25) is 0 Å². The lowest BCUT2D eigenvalue weighted by molar-refractivity contribution is -0.115. The number of rotatable bonds is 7. The molecular weight excluding hydrogens is 378 g/mol. The summed E-state index contributed by atoms with van der Waals surface area (Å²) < 4.78 is 36.2. The molecule has 0 fully saturated rings. The van der Waals surface area contributed by atoms with Crippen molar-refractivity contribution in [2.45, 2.75) is 38.0 Å². The van der Waals surface area contributed by atoms with Crippen molar-refractivity contribution in [2.24, 2.45) is 0 Å². The quantitative estimate of drug-likeness (QED) is 0.766. The Bertz CT molecular complexity index is 947. The molecule has 0 saturated carbocycles. The molecule has 1 heterocycles. The van der Waals surface area contributed by atoms with E-state index in [0.29, 0.717) is 24.7 Å².